The van der Waals surface area contributed by atoms with Crippen LogP contribution in [0.15, 0.2) is 40.9 Å². The lowest BCUT2D eigenvalue weighted by Gasteiger charge is -2.35. The number of halogens is 1. The number of carbonyl (C=O) groups is 2. The summed E-state index contributed by atoms with van der Waals surface area (Å²) < 4.78 is 10.9. The Labute approximate surface area is 195 Å². The van der Waals surface area contributed by atoms with Crippen LogP contribution in [-0.2, 0) is 16.1 Å². The number of likely N-dealkylation sites (tertiary alicyclic amines) is 1. The number of benzene rings is 1. The van der Waals surface area contributed by atoms with E-state index in [0.717, 1.165) is 36.5 Å². The molecule has 2 fully saturated rings. The fraction of sp³-hybridized carbons (Fsp3) is 0.583. The van der Waals surface area contributed by atoms with Crippen molar-refractivity contribution in [3.05, 3.63) is 46.5 Å². The number of hydrogen-bond donors (Lipinski definition) is 0. The highest BCUT2D eigenvalue weighted by Crippen LogP contribution is 2.24. The van der Waals surface area contributed by atoms with Crippen molar-refractivity contribution in [1.82, 2.24) is 14.7 Å². The molecule has 1 aromatic rings. The van der Waals surface area contributed by atoms with E-state index >= 15 is 0 Å². The van der Waals surface area contributed by atoms with Crippen molar-refractivity contribution in [1.29, 1.82) is 0 Å². The zero-order valence-corrected chi connectivity index (χ0v) is 20.1. The number of hydrogen-bond acceptors (Lipinski definition) is 5. The summed E-state index contributed by atoms with van der Waals surface area (Å²) in [5, 5.41) is 0.856. The highest BCUT2D eigenvalue weighted by molar-refractivity contribution is 6.30. The predicted octanol–water partition coefficient (Wildman–Crippen LogP) is 4.46. The Morgan fingerprint density at radius 3 is 2.09 bits per heavy atom. The van der Waals surface area contributed by atoms with Crippen molar-refractivity contribution in [2.24, 2.45) is 0 Å². The number of ether oxygens (including phenoxy) is 2. The van der Waals surface area contributed by atoms with E-state index in [1.165, 1.54) is 5.57 Å². The van der Waals surface area contributed by atoms with Crippen LogP contribution < -0.4 is 0 Å². The van der Waals surface area contributed by atoms with E-state index < -0.39 is 5.60 Å². The Balaban J connectivity index is 1.39. The third-order valence-corrected chi connectivity index (χ3v) is 5.99. The van der Waals surface area contributed by atoms with Gasteiger partial charge in [0.2, 0.25) is 0 Å². The lowest BCUT2D eigenvalue weighted by Crippen LogP contribution is -2.49. The van der Waals surface area contributed by atoms with Crippen molar-refractivity contribution in [2.75, 3.05) is 45.8 Å². The molecule has 2 aliphatic heterocycles. The highest BCUT2D eigenvalue weighted by Gasteiger charge is 2.27. The van der Waals surface area contributed by atoms with Gasteiger partial charge in [-0.25, -0.2) is 9.59 Å². The van der Waals surface area contributed by atoms with Crippen molar-refractivity contribution in [3.8, 4) is 0 Å². The van der Waals surface area contributed by atoms with Crippen LogP contribution in [0.25, 0.3) is 0 Å². The van der Waals surface area contributed by atoms with Gasteiger partial charge in [0.1, 0.15) is 12.2 Å². The second kappa shape index (κ2) is 11.1. The van der Waals surface area contributed by atoms with Gasteiger partial charge in [-0.2, -0.15) is 0 Å². The monoisotopic (exact) mass is 463 g/mol. The van der Waals surface area contributed by atoms with Crippen molar-refractivity contribution in [2.45, 2.75) is 45.8 Å². The molecule has 0 saturated carbocycles. The summed E-state index contributed by atoms with van der Waals surface area (Å²) in [6, 6.07) is 9.69. The average Bonchev–Trinajstić information content (AvgIpc) is 2.77. The van der Waals surface area contributed by atoms with E-state index in [1.54, 1.807) is 9.80 Å². The minimum atomic E-state index is -0.485. The van der Waals surface area contributed by atoms with E-state index in [9.17, 15) is 9.59 Å². The molecule has 32 heavy (non-hydrogen) atoms. The molecule has 1 aromatic carbocycles. The van der Waals surface area contributed by atoms with Gasteiger partial charge < -0.3 is 19.3 Å². The summed E-state index contributed by atoms with van der Waals surface area (Å²) in [5.41, 5.74) is 1.70. The third-order valence-electron chi connectivity index (χ3n) is 5.60. The predicted molar refractivity (Wildman–Crippen MR) is 125 cm³/mol. The molecule has 8 heteroatoms. The van der Waals surface area contributed by atoms with Crippen molar-refractivity contribution >= 4 is 23.8 Å². The zero-order chi connectivity index (χ0) is 23.1. The molecule has 3 rings (SSSR count). The smallest absolute Gasteiger partial charge is 0.410 e. The molecular weight excluding hydrogens is 430 g/mol. The van der Waals surface area contributed by atoms with Crippen LogP contribution in [0.4, 0.5) is 9.59 Å². The minimum absolute atomic E-state index is 0.261. The van der Waals surface area contributed by atoms with Gasteiger partial charge in [-0.3, -0.25) is 4.90 Å². The highest BCUT2D eigenvalue weighted by atomic mass is 35.5. The number of piperidine rings is 1. The first kappa shape index (κ1) is 24.4. The van der Waals surface area contributed by atoms with Crippen LogP contribution in [0, 0.1) is 0 Å². The van der Waals surface area contributed by atoms with E-state index in [-0.39, 0.29) is 18.8 Å². The molecule has 0 bridgehead atoms. The van der Waals surface area contributed by atoms with Gasteiger partial charge in [-0.1, -0.05) is 47.5 Å². The lowest BCUT2D eigenvalue weighted by atomic mass is 10.0. The minimum Gasteiger partial charge on any atom is -0.445 e. The van der Waals surface area contributed by atoms with Crippen LogP contribution in [0.2, 0.25) is 0 Å². The number of amides is 2. The molecule has 2 amide bonds. The fourth-order valence-electron chi connectivity index (χ4n) is 3.76. The van der Waals surface area contributed by atoms with Crippen LogP contribution in [0.1, 0.15) is 39.2 Å². The Kier molecular flexibility index (Phi) is 8.43. The SMILES string of the molecule is CC(C)(C)OC(=O)N1CCC(=C(Cl)CN2CCN(C(=O)OCc3ccccc3)CC2)CC1. The molecule has 0 aromatic heterocycles. The standard InChI is InChI=1S/C24H34ClN3O4/c1-24(2,3)32-23(30)27-11-9-20(10-12-27)21(25)17-26-13-15-28(16-14-26)22(29)31-18-19-7-5-4-6-8-19/h4-8H,9-18H2,1-3H3. The fourth-order valence-corrected chi connectivity index (χ4v) is 4.12. The Hall–Kier alpha value is -2.25. The molecule has 2 heterocycles. The van der Waals surface area contributed by atoms with Gasteiger partial charge in [0, 0.05) is 50.8 Å². The van der Waals surface area contributed by atoms with Crippen LogP contribution in [0.5, 0.6) is 0 Å². The van der Waals surface area contributed by atoms with Gasteiger partial charge in [0.15, 0.2) is 0 Å². The summed E-state index contributed by atoms with van der Waals surface area (Å²) in [5.74, 6) is 0. The molecule has 176 valence electrons. The molecule has 0 aliphatic carbocycles. The van der Waals surface area contributed by atoms with Crippen LogP contribution in [0.3, 0.4) is 0 Å². The topological polar surface area (TPSA) is 62.3 Å². The second-order valence-electron chi connectivity index (χ2n) is 9.28. The first-order chi connectivity index (χ1) is 15.2. The summed E-state index contributed by atoms with van der Waals surface area (Å²) >= 11 is 6.64. The lowest BCUT2D eigenvalue weighted by molar-refractivity contribution is 0.0235. The molecule has 0 atom stereocenters. The van der Waals surface area contributed by atoms with E-state index in [4.69, 9.17) is 21.1 Å². The largest absolute Gasteiger partial charge is 0.445 e. The molecular formula is C24H34ClN3O4. The van der Waals surface area contributed by atoms with Gasteiger partial charge in [0.05, 0.1) is 0 Å². The van der Waals surface area contributed by atoms with E-state index in [1.807, 2.05) is 51.1 Å². The Morgan fingerprint density at radius 2 is 1.50 bits per heavy atom. The second-order valence-corrected chi connectivity index (χ2v) is 9.74. The molecule has 0 unspecified atom stereocenters. The maximum Gasteiger partial charge on any atom is 0.410 e. The summed E-state index contributed by atoms with van der Waals surface area (Å²) in [6.45, 7) is 10.6. The normalized spacial score (nSPS) is 17.8. The molecule has 0 radical (unpaired) electrons. The molecule has 0 N–H and O–H groups in total. The molecule has 2 aliphatic rings. The van der Waals surface area contributed by atoms with Crippen LogP contribution in [-0.4, -0.2) is 78.3 Å². The van der Waals surface area contributed by atoms with Gasteiger partial charge >= 0.3 is 12.2 Å². The summed E-state index contributed by atoms with van der Waals surface area (Å²) in [6.07, 6.45) is 1.00. The van der Waals surface area contributed by atoms with E-state index in [2.05, 4.69) is 4.90 Å². The first-order valence-electron chi connectivity index (χ1n) is 11.2. The quantitative estimate of drug-likeness (QED) is 0.659. The molecule has 2 saturated heterocycles. The summed E-state index contributed by atoms with van der Waals surface area (Å²) in [7, 11) is 0. The van der Waals surface area contributed by atoms with Gasteiger partial charge in [0.25, 0.3) is 0 Å². The Morgan fingerprint density at radius 1 is 0.906 bits per heavy atom. The maximum atomic E-state index is 12.3. The number of piperazine rings is 1. The maximum absolute atomic E-state index is 12.3. The summed E-state index contributed by atoms with van der Waals surface area (Å²) in [4.78, 5) is 30.3. The van der Waals surface area contributed by atoms with Gasteiger partial charge in [-0.15, -0.1) is 0 Å². The number of nitrogens with zero attached hydrogens (tertiary/aromatic N) is 3. The van der Waals surface area contributed by atoms with E-state index in [0.29, 0.717) is 32.7 Å². The van der Waals surface area contributed by atoms with Crippen LogP contribution >= 0.6 is 11.6 Å². The van der Waals surface area contributed by atoms with Crippen molar-refractivity contribution < 1.29 is 19.1 Å². The number of rotatable bonds is 4. The first-order valence-corrected chi connectivity index (χ1v) is 11.6. The average molecular weight is 464 g/mol. The molecule has 7 nitrogen and oxygen atoms in total. The zero-order valence-electron chi connectivity index (χ0n) is 19.3. The molecule has 0 spiro atoms. The van der Waals surface area contributed by atoms with Gasteiger partial charge in [-0.05, 0) is 39.2 Å². The number of carbonyl (C=O) groups excluding carboxylic acids is 2. The third kappa shape index (κ3) is 7.41. The van der Waals surface area contributed by atoms with Crippen molar-refractivity contribution in [3.63, 3.8) is 0 Å². The Bertz CT molecular complexity index is 804.